The number of benzene rings is 1. The van der Waals surface area contributed by atoms with Gasteiger partial charge in [0.25, 0.3) is 0 Å². The van der Waals surface area contributed by atoms with Gasteiger partial charge in [0.05, 0.1) is 5.52 Å². The van der Waals surface area contributed by atoms with Gasteiger partial charge >= 0.3 is 0 Å². The lowest BCUT2D eigenvalue weighted by molar-refractivity contribution is 0.195. The Labute approximate surface area is 89.9 Å². The smallest absolute Gasteiger partial charge is 0.0702 e. The minimum Gasteiger partial charge on any atom is -0.385 e. The number of methoxy groups -OCH3 is 1. The van der Waals surface area contributed by atoms with Crippen molar-refractivity contribution in [2.24, 2.45) is 0 Å². The molecule has 0 aliphatic rings. The summed E-state index contributed by atoms with van der Waals surface area (Å²) in [6, 6.07) is 10.4. The molecule has 78 valence electrons. The summed E-state index contributed by atoms with van der Waals surface area (Å²) < 4.78 is 5.03. The first-order valence-corrected chi connectivity index (χ1v) is 5.23. The molecule has 0 aliphatic carbocycles. The van der Waals surface area contributed by atoms with Gasteiger partial charge in [-0.05, 0) is 30.5 Å². The maximum atomic E-state index is 5.03. The molecule has 1 aromatic carbocycles. The van der Waals surface area contributed by atoms with Crippen LogP contribution >= 0.6 is 0 Å². The number of fused-ring (bicyclic) bond motifs is 1. The number of nitrogens with zero attached hydrogens (tertiary/aromatic N) is 1. The Morgan fingerprint density at radius 2 is 2.13 bits per heavy atom. The number of aromatic nitrogens is 1. The molecular weight excluding hydrogens is 186 g/mol. The molecule has 0 aliphatic heterocycles. The zero-order valence-corrected chi connectivity index (χ0v) is 8.94. The van der Waals surface area contributed by atoms with Crippen LogP contribution in [0.25, 0.3) is 10.9 Å². The SMILES string of the molecule is COCCCc1cnc2ccccc2c1. The van der Waals surface area contributed by atoms with E-state index in [1.807, 2.05) is 24.4 Å². The Morgan fingerprint density at radius 1 is 1.27 bits per heavy atom. The third-order valence-corrected chi connectivity index (χ3v) is 2.46. The molecule has 0 saturated heterocycles. The highest BCUT2D eigenvalue weighted by Crippen LogP contribution is 2.13. The summed E-state index contributed by atoms with van der Waals surface area (Å²) in [4.78, 5) is 4.42. The van der Waals surface area contributed by atoms with E-state index in [1.54, 1.807) is 7.11 Å². The Bertz CT molecular complexity index is 439. The number of para-hydroxylation sites is 1. The van der Waals surface area contributed by atoms with Gasteiger partial charge < -0.3 is 4.74 Å². The molecule has 2 aromatic rings. The number of hydrogen-bond donors (Lipinski definition) is 0. The number of pyridine rings is 1. The first-order chi connectivity index (χ1) is 7.40. The van der Waals surface area contributed by atoms with Crippen LogP contribution in [-0.4, -0.2) is 18.7 Å². The van der Waals surface area contributed by atoms with Gasteiger partial charge in [0.2, 0.25) is 0 Å². The molecule has 1 heterocycles. The molecule has 0 fully saturated rings. The topological polar surface area (TPSA) is 22.1 Å². The minimum absolute atomic E-state index is 0.812. The summed E-state index contributed by atoms with van der Waals surface area (Å²) in [5, 5.41) is 1.22. The Hall–Kier alpha value is -1.41. The van der Waals surface area contributed by atoms with Crippen LogP contribution in [0.2, 0.25) is 0 Å². The van der Waals surface area contributed by atoms with Gasteiger partial charge in [0, 0.05) is 25.3 Å². The number of ether oxygens (including phenoxy) is 1. The fourth-order valence-corrected chi connectivity index (χ4v) is 1.67. The van der Waals surface area contributed by atoms with E-state index in [-0.39, 0.29) is 0 Å². The molecule has 0 unspecified atom stereocenters. The predicted molar refractivity (Wildman–Crippen MR) is 61.9 cm³/mol. The van der Waals surface area contributed by atoms with Crippen LogP contribution < -0.4 is 0 Å². The van der Waals surface area contributed by atoms with Crippen LogP contribution in [0.3, 0.4) is 0 Å². The standard InChI is InChI=1S/C13H15NO/c1-15-8-4-5-11-9-12-6-2-3-7-13(12)14-10-11/h2-3,6-7,9-10H,4-5,8H2,1H3. The average molecular weight is 201 g/mol. The van der Waals surface area contributed by atoms with Crippen molar-refractivity contribution in [3.8, 4) is 0 Å². The first kappa shape index (κ1) is 10.1. The van der Waals surface area contributed by atoms with Crippen molar-refractivity contribution in [1.29, 1.82) is 0 Å². The molecule has 2 nitrogen and oxygen atoms in total. The molecule has 2 rings (SSSR count). The molecule has 0 atom stereocenters. The third-order valence-electron chi connectivity index (χ3n) is 2.46. The normalized spacial score (nSPS) is 10.7. The number of aryl methyl sites for hydroxylation is 1. The molecule has 0 radical (unpaired) electrons. The fraction of sp³-hybridized carbons (Fsp3) is 0.308. The molecule has 0 N–H and O–H groups in total. The highest BCUT2D eigenvalue weighted by molar-refractivity contribution is 5.78. The highest BCUT2D eigenvalue weighted by atomic mass is 16.5. The fourth-order valence-electron chi connectivity index (χ4n) is 1.67. The summed E-state index contributed by atoms with van der Waals surface area (Å²) >= 11 is 0. The van der Waals surface area contributed by atoms with Gasteiger partial charge in [0.1, 0.15) is 0 Å². The van der Waals surface area contributed by atoms with Crippen LogP contribution in [0, 0.1) is 0 Å². The van der Waals surface area contributed by atoms with E-state index < -0.39 is 0 Å². The van der Waals surface area contributed by atoms with Crippen molar-refractivity contribution in [2.75, 3.05) is 13.7 Å². The monoisotopic (exact) mass is 201 g/mol. The van der Waals surface area contributed by atoms with E-state index in [1.165, 1.54) is 10.9 Å². The van der Waals surface area contributed by atoms with Crippen LogP contribution in [0.15, 0.2) is 36.5 Å². The summed E-state index contributed by atoms with van der Waals surface area (Å²) in [6.45, 7) is 0.812. The summed E-state index contributed by atoms with van der Waals surface area (Å²) in [5.41, 5.74) is 2.35. The second kappa shape index (κ2) is 4.89. The molecule has 15 heavy (non-hydrogen) atoms. The molecular formula is C13H15NO. The largest absolute Gasteiger partial charge is 0.385 e. The molecule has 0 saturated carbocycles. The summed E-state index contributed by atoms with van der Waals surface area (Å²) in [6.07, 6.45) is 4.04. The number of hydrogen-bond acceptors (Lipinski definition) is 2. The second-order valence-corrected chi connectivity index (χ2v) is 3.63. The van der Waals surface area contributed by atoms with Crippen LogP contribution in [0.5, 0.6) is 0 Å². The zero-order chi connectivity index (χ0) is 10.5. The Balaban J connectivity index is 2.16. The van der Waals surface area contributed by atoms with Gasteiger partial charge in [-0.3, -0.25) is 4.98 Å². The van der Waals surface area contributed by atoms with Crippen LogP contribution in [0.1, 0.15) is 12.0 Å². The van der Waals surface area contributed by atoms with E-state index in [2.05, 4.69) is 17.1 Å². The van der Waals surface area contributed by atoms with Gasteiger partial charge in [-0.1, -0.05) is 18.2 Å². The molecule has 1 aromatic heterocycles. The second-order valence-electron chi connectivity index (χ2n) is 3.63. The van der Waals surface area contributed by atoms with Crippen molar-refractivity contribution in [1.82, 2.24) is 4.98 Å². The minimum atomic E-state index is 0.812. The van der Waals surface area contributed by atoms with E-state index in [0.717, 1.165) is 25.0 Å². The maximum Gasteiger partial charge on any atom is 0.0702 e. The van der Waals surface area contributed by atoms with Gasteiger partial charge in [-0.15, -0.1) is 0 Å². The lowest BCUT2D eigenvalue weighted by atomic mass is 10.1. The first-order valence-electron chi connectivity index (χ1n) is 5.23. The Morgan fingerprint density at radius 3 is 3.00 bits per heavy atom. The van der Waals surface area contributed by atoms with Gasteiger partial charge in [-0.2, -0.15) is 0 Å². The van der Waals surface area contributed by atoms with Crippen molar-refractivity contribution in [3.05, 3.63) is 42.1 Å². The zero-order valence-electron chi connectivity index (χ0n) is 8.94. The summed E-state index contributed by atoms with van der Waals surface area (Å²) in [7, 11) is 1.73. The molecule has 0 amide bonds. The summed E-state index contributed by atoms with van der Waals surface area (Å²) in [5.74, 6) is 0. The van der Waals surface area contributed by atoms with E-state index in [0.29, 0.717) is 0 Å². The lowest BCUT2D eigenvalue weighted by Gasteiger charge is -2.02. The van der Waals surface area contributed by atoms with Crippen LogP contribution in [-0.2, 0) is 11.2 Å². The van der Waals surface area contributed by atoms with Gasteiger partial charge in [0.15, 0.2) is 0 Å². The van der Waals surface area contributed by atoms with E-state index >= 15 is 0 Å². The van der Waals surface area contributed by atoms with Crippen molar-refractivity contribution >= 4 is 10.9 Å². The van der Waals surface area contributed by atoms with Crippen molar-refractivity contribution in [3.63, 3.8) is 0 Å². The molecule has 0 spiro atoms. The highest BCUT2D eigenvalue weighted by Gasteiger charge is 1.97. The van der Waals surface area contributed by atoms with E-state index in [4.69, 9.17) is 4.74 Å². The maximum absolute atomic E-state index is 5.03. The van der Waals surface area contributed by atoms with Crippen molar-refractivity contribution < 1.29 is 4.74 Å². The molecule has 0 bridgehead atoms. The quantitative estimate of drug-likeness (QED) is 0.710. The Kier molecular flexibility index (Phi) is 3.30. The lowest BCUT2D eigenvalue weighted by Crippen LogP contribution is -1.93. The van der Waals surface area contributed by atoms with Crippen LogP contribution in [0.4, 0.5) is 0 Å². The van der Waals surface area contributed by atoms with E-state index in [9.17, 15) is 0 Å². The van der Waals surface area contributed by atoms with Crippen molar-refractivity contribution in [2.45, 2.75) is 12.8 Å². The van der Waals surface area contributed by atoms with Gasteiger partial charge in [-0.25, -0.2) is 0 Å². The third kappa shape index (κ3) is 2.54. The number of rotatable bonds is 4. The molecule has 2 heteroatoms. The average Bonchev–Trinajstić information content (AvgIpc) is 2.29. The predicted octanol–water partition coefficient (Wildman–Crippen LogP) is 2.81.